The van der Waals surface area contributed by atoms with Crippen LogP contribution in [0.2, 0.25) is 5.02 Å². The van der Waals surface area contributed by atoms with Gasteiger partial charge < -0.3 is 5.32 Å². The van der Waals surface area contributed by atoms with Crippen molar-refractivity contribution >= 4 is 51.4 Å². The zero-order valence-corrected chi connectivity index (χ0v) is 14.0. The van der Waals surface area contributed by atoms with E-state index in [-0.39, 0.29) is 5.91 Å². The van der Waals surface area contributed by atoms with E-state index in [1.807, 2.05) is 18.4 Å². The van der Waals surface area contributed by atoms with Gasteiger partial charge in [0, 0.05) is 33.2 Å². The molecule has 0 fully saturated rings. The number of nitrogens with one attached hydrogen (secondary N) is 1. The summed E-state index contributed by atoms with van der Waals surface area (Å²) in [6, 6.07) is 5.30. The van der Waals surface area contributed by atoms with Crippen molar-refractivity contribution in [2.45, 2.75) is 13.3 Å². The maximum Gasteiger partial charge on any atom is 0.251 e. The molecule has 0 radical (unpaired) electrons. The second-order valence-electron chi connectivity index (χ2n) is 4.02. The molecule has 1 aromatic carbocycles. The van der Waals surface area contributed by atoms with Gasteiger partial charge in [-0.3, -0.25) is 4.79 Å². The van der Waals surface area contributed by atoms with Crippen LogP contribution in [0.5, 0.6) is 0 Å². The molecule has 1 aromatic heterocycles. The van der Waals surface area contributed by atoms with Gasteiger partial charge in [0.15, 0.2) is 0 Å². The summed E-state index contributed by atoms with van der Waals surface area (Å²) in [5.41, 5.74) is 1.61. The van der Waals surface area contributed by atoms with E-state index < -0.39 is 0 Å². The van der Waals surface area contributed by atoms with Crippen LogP contribution >= 0.6 is 45.5 Å². The van der Waals surface area contributed by atoms with Crippen LogP contribution in [0, 0.1) is 10.5 Å². The van der Waals surface area contributed by atoms with E-state index >= 15 is 0 Å². The predicted molar refractivity (Wildman–Crippen MR) is 87.1 cm³/mol. The minimum absolute atomic E-state index is 0.105. The fourth-order valence-corrected chi connectivity index (χ4v) is 2.83. The van der Waals surface area contributed by atoms with Gasteiger partial charge in [-0.05, 0) is 47.7 Å². The Morgan fingerprint density at radius 2 is 2.32 bits per heavy atom. The molecule has 0 saturated carbocycles. The summed E-state index contributed by atoms with van der Waals surface area (Å²) in [5, 5.41) is 6.52. The van der Waals surface area contributed by atoms with Gasteiger partial charge in [-0.2, -0.15) is 0 Å². The van der Waals surface area contributed by atoms with Crippen LogP contribution in [0.4, 0.5) is 0 Å². The summed E-state index contributed by atoms with van der Waals surface area (Å²) in [7, 11) is 0. The van der Waals surface area contributed by atoms with Gasteiger partial charge in [-0.25, -0.2) is 4.98 Å². The van der Waals surface area contributed by atoms with Gasteiger partial charge in [-0.1, -0.05) is 11.6 Å². The minimum atomic E-state index is -0.105. The highest BCUT2D eigenvalue weighted by molar-refractivity contribution is 14.1. The average Bonchev–Trinajstić information content (AvgIpc) is 2.78. The fraction of sp³-hybridized carbons (Fsp3) is 0.231. The lowest BCUT2D eigenvalue weighted by Crippen LogP contribution is -2.25. The molecule has 2 rings (SSSR count). The molecule has 0 aliphatic heterocycles. The number of carbonyl (C=O) groups is 1. The van der Waals surface area contributed by atoms with Crippen molar-refractivity contribution in [2.24, 2.45) is 0 Å². The second-order valence-corrected chi connectivity index (χ2v) is 6.53. The Morgan fingerprint density at radius 1 is 1.53 bits per heavy atom. The molecule has 1 heterocycles. The molecule has 6 heteroatoms. The van der Waals surface area contributed by atoms with Gasteiger partial charge in [-0.15, -0.1) is 11.3 Å². The van der Waals surface area contributed by atoms with Crippen LogP contribution in [0.1, 0.15) is 21.1 Å². The molecular formula is C13H12ClIN2OS. The molecule has 19 heavy (non-hydrogen) atoms. The summed E-state index contributed by atoms with van der Waals surface area (Å²) >= 11 is 9.74. The Kier molecular flexibility index (Phi) is 5.18. The number of amides is 1. The van der Waals surface area contributed by atoms with Crippen molar-refractivity contribution in [3.8, 4) is 0 Å². The molecule has 0 unspecified atom stereocenters. The van der Waals surface area contributed by atoms with E-state index in [0.717, 1.165) is 20.7 Å². The molecular weight excluding hydrogens is 395 g/mol. The molecule has 2 aromatic rings. The number of benzene rings is 1. The van der Waals surface area contributed by atoms with Gasteiger partial charge in [0.1, 0.15) is 0 Å². The molecule has 100 valence electrons. The lowest BCUT2D eigenvalue weighted by molar-refractivity contribution is 0.0954. The van der Waals surface area contributed by atoms with Gasteiger partial charge in [0.2, 0.25) is 0 Å². The first kappa shape index (κ1) is 14.7. The van der Waals surface area contributed by atoms with Gasteiger partial charge in [0.25, 0.3) is 5.91 Å². The quantitative estimate of drug-likeness (QED) is 0.787. The van der Waals surface area contributed by atoms with Crippen LogP contribution < -0.4 is 5.32 Å². The normalized spacial score (nSPS) is 10.5. The minimum Gasteiger partial charge on any atom is -0.352 e. The Morgan fingerprint density at radius 3 is 2.95 bits per heavy atom. The number of thiazole rings is 1. The number of nitrogens with zero attached hydrogens (tertiary/aromatic N) is 1. The molecule has 1 amide bonds. The van der Waals surface area contributed by atoms with E-state index in [4.69, 9.17) is 11.6 Å². The van der Waals surface area contributed by atoms with E-state index in [1.165, 1.54) is 0 Å². The zero-order chi connectivity index (χ0) is 13.8. The summed E-state index contributed by atoms with van der Waals surface area (Å²) in [6.07, 6.45) is 0.752. The first-order valence-corrected chi connectivity index (χ1v) is 8.04. The van der Waals surface area contributed by atoms with Crippen LogP contribution in [-0.2, 0) is 6.42 Å². The second kappa shape index (κ2) is 6.67. The average molecular weight is 407 g/mol. The third-order valence-corrected chi connectivity index (χ3v) is 5.07. The summed E-state index contributed by atoms with van der Waals surface area (Å²) in [6.45, 7) is 2.54. The molecule has 0 aliphatic carbocycles. The number of hydrogen-bond donors (Lipinski definition) is 1. The number of rotatable bonds is 4. The van der Waals surface area contributed by atoms with E-state index in [9.17, 15) is 4.79 Å². The predicted octanol–water partition coefficient (Wildman–Crippen LogP) is 3.68. The lowest BCUT2D eigenvalue weighted by Gasteiger charge is -2.05. The van der Waals surface area contributed by atoms with Crippen molar-refractivity contribution in [1.82, 2.24) is 10.3 Å². The third-order valence-electron chi connectivity index (χ3n) is 2.47. The van der Waals surface area contributed by atoms with Crippen molar-refractivity contribution in [3.05, 3.63) is 48.4 Å². The SMILES string of the molecule is Cc1csc(CCNC(=O)c2ccc(I)c(Cl)c2)n1. The highest BCUT2D eigenvalue weighted by Gasteiger charge is 2.07. The monoisotopic (exact) mass is 406 g/mol. The maximum atomic E-state index is 11.9. The van der Waals surface area contributed by atoms with E-state index in [2.05, 4.69) is 32.9 Å². The third kappa shape index (κ3) is 4.15. The van der Waals surface area contributed by atoms with Crippen LogP contribution in [0.25, 0.3) is 0 Å². The topological polar surface area (TPSA) is 42.0 Å². The van der Waals surface area contributed by atoms with Crippen LogP contribution in [0.15, 0.2) is 23.6 Å². The summed E-state index contributed by atoms with van der Waals surface area (Å²) in [4.78, 5) is 16.3. The molecule has 0 bridgehead atoms. The van der Waals surface area contributed by atoms with Crippen molar-refractivity contribution < 1.29 is 4.79 Å². The first-order chi connectivity index (χ1) is 9.06. The van der Waals surface area contributed by atoms with Gasteiger partial charge >= 0.3 is 0 Å². The first-order valence-electron chi connectivity index (χ1n) is 5.70. The molecule has 3 nitrogen and oxygen atoms in total. The molecule has 1 N–H and O–H groups in total. The maximum absolute atomic E-state index is 11.9. The molecule has 0 aliphatic rings. The number of halogens is 2. The Labute approximate surface area is 134 Å². The molecule has 0 atom stereocenters. The van der Waals surface area contributed by atoms with Crippen molar-refractivity contribution in [2.75, 3.05) is 6.54 Å². The number of hydrogen-bond acceptors (Lipinski definition) is 3. The summed E-state index contributed by atoms with van der Waals surface area (Å²) < 4.78 is 0.939. The number of aryl methyl sites for hydroxylation is 1. The lowest BCUT2D eigenvalue weighted by atomic mass is 10.2. The zero-order valence-electron chi connectivity index (χ0n) is 10.2. The highest BCUT2D eigenvalue weighted by atomic mass is 127. The van der Waals surface area contributed by atoms with Crippen molar-refractivity contribution in [1.29, 1.82) is 0 Å². The largest absolute Gasteiger partial charge is 0.352 e. The molecule has 0 saturated heterocycles. The molecule has 0 spiro atoms. The Bertz CT molecular complexity index is 600. The van der Waals surface area contributed by atoms with E-state index in [0.29, 0.717) is 17.1 Å². The highest BCUT2D eigenvalue weighted by Crippen LogP contribution is 2.19. The summed E-state index contributed by atoms with van der Waals surface area (Å²) in [5.74, 6) is -0.105. The smallest absolute Gasteiger partial charge is 0.251 e. The number of carbonyl (C=O) groups excluding carboxylic acids is 1. The standard InChI is InChI=1S/C13H12ClIN2OS/c1-8-7-19-12(17-8)4-5-16-13(18)9-2-3-11(15)10(14)6-9/h2-3,6-7H,4-5H2,1H3,(H,16,18). The Hall–Kier alpha value is -0.660. The van der Waals surface area contributed by atoms with Crippen LogP contribution in [0.3, 0.4) is 0 Å². The number of aromatic nitrogens is 1. The Balaban J connectivity index is 1.89. The van der Waals surface area contributed by atoms with Gasteiger partial charge in [0.05, 0.1) is 10.0 Å². The fourth-order valence-electron chi connectivity index (χ4n) is 1.54. The van der Waals surface area contributed by atoms with E-state index in [1.54, 1.807) is 23.5 Å². The van der Waals surface area contributed by atoms with Crippen LogP contribution in [-0.4, -0.2) is 17.4 Å². The van der Waals surface area contributed by atoms with Crippen molar-refractivity contribution in [3.63, 3.8) is 0 Å².